The van der Waals surface area contributed by atoms with E-state index in [1.807, 2.05) is 31.3 Å². The van der Waals surface area contributed by atoms with Crippen molar-refractivity contribution in [1.82, 2.24) is 15.1 Å². The summed E-state index contributed by atoms with van der Waals surface area (Å²) in [5.74, 6) is 0.849. The molecule has 0 heterocycles. The molecule has 0 atom stereocenters. The van der Waals surface area contributed by atoms with Crippen molar-refractivity contribution in [2.45, 2.75) is 26.4 Å². The number of nitrogens with one attached hydrogen (secondary N) is 1. The summed E-state index contributed by atoms with van der Waals surface area (Å²) in [5.41, 5.74) is 4.40. The van der Waals surface area contributed by atoms with E-state index in [0.29, 0.717) is 12.1 Å². The molecule has 0 aliphatic carbocycles. The fourth-order valence-corrected chi connectivity index (χ4v) is 2.82. The number of hydrogen-bond acceptors (Lipinski definition) is 2. The van der Waals surface area contributed by atoms with Gasteiger partial charge in [0.15, 0.2) is 5.96 Å². The number of hydrogen-bond donors (Lipinski definition) is 1. The summed E-state index contributed by atoms with van der Waals surface area (Å²) in [7, 11) is 7.33. The highest BCUT2D eigenvalue weighted by Gasteiger charge is 2.09. The Kier molecular flexibility index (Phi) is 9.99. The van der Waals surface area contributed by atoms with Crippen molar-refractivity contribution in [3.63, 3.8) is 0 Å². The van der Waals surface area contributed by atoms with Gasteiger partial charge in [0.1, 0.15) is 0 Å². The molecule has 0 spiro atoms. The molecule has 2 aromatic carbocycles. The Morgan fingerprint density at radius 2 is 1.46 bits per heavy atom. The van der Waals surface area contributed by atoms with Crippen LogP contribution < -0.4 is 5.32 Å². The van der Waals surface area contributed by atoms with E-state index >= 15 is 0 Å². The highest BCUT2D eigenvalue weighted by molar-refractivity contribution is 14.0. The van der Waals surface area contributed by atoms with Crippen molar-refractivity contribution in [3.05, 3.63) is 70.8 Å². The third-order valence-corrected chi connectivity index (χ3v) is 4.48. The van der Waals surface area contributed by atoms with Gasteiger partial charge >= 0.3 is 0 Å². The molecule has 1 amide bonds. The van der Waals surface area contributed by atoms with Crippen LogP contribution in [0.25, 0.3) is 0 Å². The number of aliphatic imine (C=N–C) groups is 1. The predicted octanol–water partition coefficient (Wildman–Crippen LogP) is 3.78. The number of aryl methyl sites for hydroxylation is 1. The zero-order valence-corrected chi connectivity index (χ0v) is 19.7. The van der Waals surface area contributed by atoms with Crippen LogP contribution in [-0.4, -0.2) is 49.9 Å². The molecule has 0 fully saturated rings. The first kappa shape index (κ1) is 23.9. The molecule has 0 saturated carbocycles. The van der Waals surface area contributed by atoms with E-state index in [1.54, 1.807) is 26.0 Å². The summed E-state index contributed by atoms with van der Waals surface area (Å²) in [6.07, 6.45) is 1.05. The number of rotatable bonds is 6. The highest BCUT2D eigenvalue weighted by atomic mass is 127. The summed E-state index contributed by atoms with van der Waals surface area (Å²) in [6.45, 7) is 3.61. The van der Waals surface area contributed by atoms with Gasteiger partial charge in [0.05, 0.1) is 0 Å². The maximum Gasteiger partial charge on any atom is 0.253 e. The fraction of sp³-hybridized carbons (Fsp3) is 0.364. The second kappa shape index (κ2) is 11.7. The van der Waals surface area contributed by atoms with Crippen LogP contribution in [0.2, 0.25) is 0 Å². The van der Waals surface area contributed by atoms with E-state index in [-0.39, 0.29) is 29.9 Å². The maximum atomic E-state index is 12.0. The molecule has 0 bridgehead atoms. The highest BCUT2D eigenvalue weighted by Crippen LogP contribution is 2.09. The number of guanidine groups is 1. The van der Waals surface area contributed by atoms with Gasteiger partial charge in [-0.2, -0.15) is 0 Å². The van der Waals surface area contributed by atoms with Crippen molar-refractivity contribution < 1.29 is 4.79 Å². The lowest BCUT2D eigenvalue weighted by Gasteiger charge is -2.22. The molecule has 2 rings (SSSR count). The Hall–Kier alpha value is -2.09. The van der Waals surface area contributed by atoms with Gasteiger partial charge in [0.25, 0.3) is 5.91 Å². The molecule has 0 aliphatic rings. The van der Waals surface area contributed by atoms with Crippen molar-refractivity contribution in [2.75, 3.05) is 28.2 Å². The molecule has 0 unspecified atom stereocenters. The van der Waals surface area contributed by atoms with Crippen LogP contribution in [0.4, 0.5) is 0 Å². The molecule has 152 valence electrons. The lowest BCUT2D eigenvalue weighted by atomic mass is 10.1. The van der Waals surface area contributed by atoms with Crippen LogP contribution >= 0.6 is 24.0 Å². The Bertz CT molecular complexity index is 770. The largest absolute Gasteiger partial charge is 0.352 e. The number of carbonyl (C=O) groups is 1. The lowest BCUT2D eigenvalue weighted by molar-refractivity contribution is 0.0827. The third-order valence-electron chi connectivity index (χ3n) is 4.48. The van der Waals surface area contributed by atoms with Crippen molar-refractivity contribution >= 4 is 35.8 Å². The maximum absolute atomic E-state index is 12.0. The topological polar surface area (TPSA) is 47.9 Å². The molecule has 0 aromatic heterocycles. The minimum absolute atomic E-state index is 0. The van der Waals surface area contributed by atoms with Crippen LogP contribution in [0.3, 0.4) is 0 Å². The van der Waals surface area contributed by atoms with E-state index < -0.39 is 0 Å². The van der Waals surface area contributed by atoms with Crippen LogP contribution in [-0.2, 0) is 19.5 Å². The van der Waals surface area contributed by atoms with Crippen LogP contribution in [0, 0.1) is 0 Å². The standard InChI is InChI=1S/C22H30N4O.HI/c1-6-17-7-9-19(10-8-17)16-26(5)22(23-2)24-15-18-11-13-20(14-12-18)21(27)25(3)4;/h7-14H,6,15-16H2,1-5H3,(H,23,24);1H. The molecular weight excluding hydrogens is 463 g/mol. The van der Waals surface area contributed by atoms with Gasteiger partial charge in [-0.3, -0.25) is 9.79 Å². The summed E-state index contributed by atoms with van der Waals surface area (Å²) in [4.78, 5) is 20.0. The summed E-state index contributed by atoms with van der Waals surface area (Å²) in [6, 6.07) is 16.4. The molecule has 5 nitrogen and oxygen atoms in total. The zero-order valence-electron chi connectivity index (χ0n) is 17.4. The molecule has 28 heavy (non-hydrogen) atoms. The fourth-order valence-electron chi connectivity index (χ4n) is 2.82. The third kappa shape index (κ3) is 6.82. The Morgan fingerprint density at radius 1 is 0.929 bits per heavy atom. The van der Waals surface area contributed by atoms with Crippen LogP contribution in [0.5, 0.6) is 0 Å². The quantitative estimate of drug-likeness (QED) is 0.378. The predicted molar refractivity (Wildman–Crippen MR) is 127 cm³/mol. The molecule has 0 saturated heterocycles. The minimum atomic E-state index is 0. The van der Waals surface area contributed by atoms with Gasteiger partial charge < -0.3 is 15.1 Å². The Balaban J connectivity index is 0.00000392. The van der Waals surface area contributed by atoms with Crippen LogP contribution in [0.15, 0.2) is 53.5 Å². The van der Waals surface area contributed by atoms with E-state index in [2.05, 4.69) is 46.4 Å². The van der Waals surface area contributed by atoms with Crippen molar-refractivity contribution in [2.24, 2.45) is 4.99 Å². The first-order valence-corrected chi connectivity index (χ1v) is 9.24. The zero-order chi connectivity index (χ0) is 19.8. The molecule has 6 heteroatoms. The van der Waals surface area contributed by atoms with Gasteiger partial charge in [0, 0.05) is 46.8 Å². The Morgan fingerprint density at radius 3 is 1.96 bits per heavy atom. The molecular formula is C22H31IN4O. The van der Waals surface area contributed by atoms with Crippen molar-refractivity contribution in [3.8, 4) is 0 Å². The van der Waals surface area contributed by atoms with E-state index in [4.69, 9.17) is 0 Å². The van der Waals surface area contributed by atoms with Gasteiger partial charge in [-0.15, -0.1) is 24.0 Å². The summed E-state index contributed by atoms with van der Waals surface area (Å²) in [5, 5.41) is 3.38. The SMILES string of the molecule is CCc1ccc(CN(C)C(=NC)NCc2ccc(C(=O)N(C)C)cc2)cc1.I. The van der Waals surface area contributed by atoms with Gasteiger partial charge in [-0.05, 0) is 35.2 Å². The number of nitrogens with zero attached hydrogens (tertiary/aromatic N) is 3. The molecule has 0 aliphatic heterocycles. The van der Waals surface area contributed by atoms with Gasteiger partial charge in [0.2, 0.25) is 0 Å². The van der Waals surface area contributed by atoms with E-state index in [0.717, 1.165) is 24.5 Å². The summed E-state index contributed by atoms with van der Waals surface area (Å²) < 4.78 is 0. The number of amides is 1. The number of halogens is 1. The average molecular weight is 494 g/mol. The second-order valence-corrected chi connectivity index (χ2v) is 6.82. The number of benzene rings is 2. The van der Waals surface area contributed by atoms with Gasteiger partial charge in [-0.1, -0.05) is 43.3 Å². The monoisotopic (exact) mass is 494 g/mol. The second-order valence-electron chi connectivity index (χ2n) is 6.82. The first-order valence-electron chi connectivity index (χ1n) is 9.24. The Labute approximate surface area is 185 Å². The first-order chi connectivity index (χ1) is 12.9. The lowest BCUT2D eigenvalue weighted by Crippen LogP contribution is -2.38. The molecule has 1 N–H and O–H groups in total. The van der Waals surface area contributed by atoms with Gasteiger partial charge in [-0.25, -0.2) is 0 Å². The molecule has 0 radical (unpaired) electrons. The van der Waals surface area contributed by atoms with Crippen LogP contribution in [0.1, 0.15) is 34.0 Å². The molecule has 2 aromatic rings. The number of carbonyl (C=O) groups excluding carboxylic acids is 1. The van der Waals surface area contributed by atoms with E-state index in [9.17, 15) is 4.79 Å². The average Bonchev–Trinajstić information content (AvgIpc) is 2.69. The van der Waals surface area contributed by atoms with Crippen molar-refractivity contribution in [1.29, 1.82) is 0 Å². The normalized spacial score (nSPS) is 10.8. The minimum Gasteiger partial charge on any atom is -0.352 e. The summed E-state index contributed by atoms with van der Waals surface area (Å²) >= 11 is 0. The smallest absolute Gasteiger partial charge is 0.253 e. The van der Waals surface area contributed by atoms with E-state index in [1.165, 1.54) is 11.1 Å².